The Kier molecular flexibility index (Phi) is 18.5. The summed E-state index contributed by atoms with van der Waals surface area (Å²) >= 11 is 0. The van der Waals surface area contributed by atoms with E-state index in [9.17, 15) is 9.59 Å². The SMILES string of the molecule is C=CC(N)=O.C=CC(N)=O.O=[PH](O)O. The lowest BCUT2D eigenvalue weighted by Crippen LogP contribution is -2.04. The molecule has 8 heteroatoms. The first-order valence-corrected chi connectivity index (χ1v) is 4.33. The second-order valence-corrected chi connectivity index (χ2v) is 2.06. The summed E-state index contributed by atoms with van der Waals surface area (Å²) < 4.78 is 8.74. The van der Waals surface area contributed by atoms with Gasteiger partial charge >= 0.3 is 8.25 Å². The van der Waals surface area contributed by atoms with Gasteiger partial charge in [0.05, 0.1) is 0 Å². The van der Waals surface area contributed by atoms with Crippen LogP contribution in [0.3, 0.4) is 0 Å². The van der Waals surface area contributed by atoms with Crippen LogP contribution < -0.4 is 11.5 Å². The number of hydrogen-bond acceptors (Lipinski definition) is 3. The summed E-state index contributed by atoms with van der Waals surface area (Å²) in [5, 5.41) is 0. The van der Waals surface area contributed by atoms with Gasteiger partial charge in [-0.3, -0.25) is 14.2 Å². The summed E-state index contributed by atoms with van der Waals surface area (Å²) in [5.41, 5.74) is 9.07. The van der Waals surface area contributed by atoms with Gasteiger partial charge in [-0.05, 0) is 12.2 Å². The third kappa shape index (κ3) is 147. The van der Waals surface area contributed by atoms with Crippen molar-refractivity contribution in [1.82, 2.24) is 0 Å². The highest BCUT2D eigenvalue weighted by atomic mass is 31.1. The van der Waals surface area contributed by atoms with Crippen LogP contribution in [0, 0.1) is 0 Å². The van der Waals surface area contributed by atoms with E-state index in [0.29, 0.717) is 0 Å². The summed E-state index contributed by atoms with van der Waals surface area (Å²) in [7, 11) is -3.13. The second-order valence-electron chi connectivity index (χ2n) is 1.50. The van der Waals surface area contributed by atoms with E-state index in [1.165, 1.54) is 0 Å². The zero-order valence-corrected chi connectivity index (χ0v) is 8.34. The van der Waals surface area contributed by atoms with Crippen LogP contribution in [0.5, 0.6) is 0 Å². The van der Waals surface area contributed by atoms with Crippen molar-refractivity contribution < 1.29 is 23.9 Å². The van der Waals surface area contributed by atoms with Crippen molar-refractivity contribution in [2.45, 2.75) is 0 Å². The van der Waals surface area contributed by atoms with Crippen LogP contribution in [0.2, 0.25) is 0 Å². The van der Waals surface area contributed by atoms with E-state index < -0.39 is 20.1 Å². The van der Waals surface area contributed by atoms with E-state index >= 15 is 0 Å². The molecule has 0 saturated carbocycles. The monoisotopic (exact) mass is 224 g/mol. The molecule has 0 saturated heterocycles. The first-order valence-electron chi connectivity index (χ1n) is 3.03. The van der Waals surface area contributed by atoms with E-state index in [0.717, 1.165) is 12.2 Å². The van der Waals surface area contributed by atoms with E-state index in [-0.39, 0.29) is 0 Å². The Morgan fingerprint density at radius 3 is 1.14 bits per heavy atom. The van der Waals surface area contributed by atoms with E-state index in [4.69, 9.17) is 14.4 Å². The van der Waals surface area contributed by atoms with Crippen molar-refractivity contribution in [2.24, 2.45) is 11.5 Å². The Labute approximate surface area is 81.7 Å². The maximum absolute atomic E-state index is 9.47. The number of carbonyl (C=O) groups is 2. The largest absolute Gasteiger partial charge is 0.366 e. The van der Waals surface area contributed by atoms with Crippen LogP contribution >= 0.6 is 8.25 Å². The summed E-state index contributed by atoms with van der Waals surface area (Å²) in [6, 6.07) is 0. The van der Waals surface area contributed by atoms with Crippen LogP contribution in [0.1, 0.15) is 0 Å². The molecule has 0 heterocycles. The molecule has 0 aromatic rings. The van der Waals surface area contributed by atoms with Gasteiger partial charge in [0.15, 0.2) is 0 Å². The molecule has 82 valence electrons. The molecule has 0 aliphatic carbocycles. The minimum atomic E-state index is -3.13. The molecular weight excluding hydrogens is 211 g/mol. The summed E-state index contributed by atoms with van der Waals surface area (Å²) in [6.45, 7) is 6.17. The molecule has 0 bridgehead atoms. The van der Waals surface area contributed by atoms with Crippen molar-refractivity contribution in [1.29, 1.82) is 0 Å². The van der Waals surface area contributed by atoms with E-state index in [1.807, 2.05) is 0 Å². The highest BCUT2D eigenvalue weighted by Gasteiger charge is 1.70. The molecule has 0 aromatic carbocycles. The van der Waals surface area contributed by atoms with Gasteiger partial charge in [0, 0.05) is 0 Å². The Hall–Kier alpha value is -1.43. The van der Waals surface area contributed by atoms with Gasteiger partial charge < -0.3 is 21.3 Å². The molecule has 0 aliphatic heterocycles. The highest BCUT2D eigenvalue weighted by molar-refractivity contribution is 7.30. The average Bonchev–Trinajstić information content (AvgIpc) is 2.04. The lowest BCUT2D eigenvalue weighted by atomic mass is 10.6. The molecule has 0 spiro atoms. The zero-order chi connectivity index (χ0) is 12.1. The second kappa shape index (κ2) is 14.1. The van der Waals surface area contributed by atoms with Gasteiger partial charge in [0.1, 0.15) is 0 Å². The molecule has 0 aliphatic rings. The Morgan fingerprint density at radius 1 is 1.07 bits per heavy atom. The van der Waals surface area contributed by atoms with Gasteiger partial charge in [-0.1, -0.05) is 13.2 Å². The normalized spacial score (nSPS) is 7.07. The minimum Gasteiger partial charge on any atom is -0.366 e. The lowest BCUT2D eigenvalue weighted by molar-refractivity contribution is -0.114. The molecule has 0 unspecified atom stereocenters. The van der Waals surface area contributed by atoms with Crippen molar-refractivity contribution in [3.05, 3.63) is 25.3 Å². The van der Waals surface area contributed by atoms with Crippen molar-refractivity contribution in [2.75, 3.05) is 0 Å². The van der Waals surface area contributed by atoms with Crippen molar-refractivity contribution in [3.63, 3.8) is 0 Å². The van der Waals surface area contributed by atoms with Gasteiger partial charge in [-0.2, -0.15) is 0 Å². The average molecular weight is 224 g/mol. The van der Waals surface area contributed by atoms with Crippen LogP contribution in [0.25, 0.3) is 0 Å². The highest BCUT2D eigenvalue weighted by Crippen LogP contribution is 1.98. The minimum absolute atomic E-state index is 0.481. The number of carbonyl (C=O) groups excluding carboxylic acids is 2. The van der Waals surface area contributed by atoms with Crippen LogP contribution in [0.4, 0.5) is 0 Å². The summed E-state index contributed by atoms with van der Waals surface area (Å²) in [4.78, 5) is 33.3. The maximum atomic E-state index is 9.47. The number of nitrogens with two attached hydrogens (primary N) is 2. The molecule has 14 heavy (non-hydrogen) atoms. The molecule has 0 radical (unpaired) electrons. The van der Waals surface area contributed by atoms with Crippen molar-refractivity contribution >= 4 is 20.1 Å². The molecule has 0 atom stereocenters. The molecule has 0 aromatic heterocycles. The summed E-state index contributed by atoms with van der Waals surface area (Å²) in [6.07, 6.45) is 2.11. The fourth-order valence-corrected chi connectivity index (χ4v) is 0. The lowest BCUT2D eigenvalue weighted by Gasteiger charge is -1.65. The predicted molar refractivity (Wildman–Crippen MR) is 52.2 cm³/mol. The van der Waals surface area contributed by atoms with Crippen LogP contribution in [-0.4, -0.2) is 21.6 Å². The topological polar surface area (TPSA) is 144 Å². The fraction of sp³-hybridized carbons (Fsp3) is 0. The third-order valence-corrected chi connectivity index (χ3v) is 0.402. The van der Waals surface area contributed by atoms with Gasteiger partial charge in [-0.25, -0.2) is 0 Å². The Morgan fingerprint density at radius 2 is 1.14 bits per heavy atom. The van der Waals surface area contributed by atoms with Crippen LogP contribution in [-0.2, 0) is 14.2 Å². The van der Waals surface area contributed by atoms with E-state index in [1.54, 1.807) is 0 Å². The molecule has 0 rings (SSSR count). The Balaban J connectivity index is -0.000000131. The number of amides is 2. The molecule has 2 amide bonds. The third-order valence-electron chi connectivity index (χ3n) is 0.402. The predicted octanol–water partition coefficient (Wildman–Crippen LogP) is -1.32. The molecule has 0 fully saturated rings. The smallest absolute Gasteiger partial charge is 0.314 e. The van der Waals surface area contributed by atoms with Gasteiger partial charge in [-0.15, -0.1) is 0 Å². The Bertz CT molecular complexity index is 206. The van der Waals surface area contributed by atoms with Crippen molar-refractivity contribution in [3.8, 4) is 0 Å². The zero-order valence-electron chi connectivity index (χ0n) is 7.34. The fourth-order valence-electron chi connectivity index (χ4n) is 0. The molecular formula is C6H13N2O5P. The standard InChI is InChI=1S/2C3H5NO.H3O3P/c2*1-2-3(4)5;1-4(2)3/h2*2H,1H2,(H2,4,5);4H,(H2,1,2,3). The first kappa shape index (κ1) is 18.4. The molecule has 7 nitrogen and oxygen atoms in total. The summed E-state index contributed by atoms with van der Waals surface area (Å²) in [5.74, 6) is -0.963. The molecule has 6 N–H and O–H groups in total. The number of primary amides is 2. The van der Waals surface area contributed by atoms with E-state index in [2.05, 4.69) is 24.6 Å². The van der Waals surface area contributed by atoms with Gasteiger partial charge in [0.25, 0.3) is 0 Å². The maximum Gasteiger partial charge on any atom is 0.314 e. The van der Waals surface area contributed by atoms with Crippen LogP contribution in [0.15, 0.2) is 25.3 Å². The quantitative estimate of drug-likeness (QED) is 0.339. The number of hydrogen-bond donors (Lipinski definition) is 4. The number of rotatable bonds is 2. The first-order chi connectivity index (χ1) is 6.27. The van der Waals surface area contributed by atoms with Gasteiger partial charge in [0.2, 0.25) is 11.8 Å².